The number of piperidine rings is 1. The second-order valence-electron chi connectivity index (χ2n) is 5.00. The summed E-state index contributed by atoms with van der Waals surface area (Å²) in [6, 6.07) is -1.26. The maximum atomic E-state index is 11.4. The van der Waals surface area contributed by atoms with Crippen molar-refractivity contribution in [3.8, 4) is 0 Å². The lowest BCUT2D eigenvalue weighted by Gasteiger charge is -2.28. The minimum Gasteiger partial charge on any atom is -0.480 e. The number of likely N-dealkylation sites (tertiary alicyclic amines) is 1. The Labute approximate surface area is 108 Å². The zero-order valence-corrected chi connectivity index (χ0v) is 11.1. The lowest BCUT2D eigenvalue weighted by molar-refractivity contribution is -0.138. The zero-order chi connectivity index (χ0) is 13.5. The smallest absolute Gasteiger partial charge is 0.325 e. The molecule has 1 aliphatic rings. The van der Waals surface area contributed by atoms with Gasteiger partial charge in [0.25, 0.3) is 0 Å². The molecular weight excluding hydrogens is 234 g/mol. The lowest BCUT2D eigenvalue weighted by Crippen LogP contribution is -2.45. The Morgan fingerprint density at radius 3 is 2.56 bits per heavy atom. The Kier molecular flexibility index (Phi) is 5.91. The van der Waals surface area contributed by atoms with Crippen LogP contribution in [0, 0.1) is 5.92 Å². The van der Waals surface area contributed by atoms with Gasteiger partial charge < -0.3 is 20.6 Å². The van der Waals surface area contributed by atoms with Crippen molar-refractivity contribution in [2.75, 3.05) is 26.7 Å². The fourth-order valence-corrected chi connectivity index (χ4v) is 2.05. The van der Waals surface area contributed by atoms with Gasteiger partial charge in [-0.2, -0.15) is 0 Å². The highest BCUT2D eigenvalue weighted by atomic mass is 16.4. The third-order valence-electron chi connectivity index (χ3n) is 3.39. The minimum absolute atomic E-state index is 0.405. The molecule has 0 aromatic rings. The average molecular weight is 257 g/mol. The van der Waals surface area contributed by atoms with E-state index in [1.54, 1.807) is 0 Å². The fourth-order valence-electron chi connectivity index (χ4n) is 2.05. The maximum absolute atomic E-state index is 11.4. The first kappa shape index (κ1) is 14.8. The second-order valence-corrected chi connectivity index (χ2v) is 5.00. The van der Waals surface area contributed by atoms with Crippen LogP contribution in [0.3, 0.4) is 0 Å². The zero-order valence-electron chi connectivity index (χ0n) is 11.1. The summed E-state index contributed by atoms with van der Waals surface area (Å²) >= 11 is 0. The highest BCUT2D eigenvalue weighted by molar-refractivity contribution is 5.82. The van der Waals surface area contributed by atoms with Gasteiger partial charge in [0, 0.05) is 6.54 Å². The molecule has 1 rings (SSSR count). The summed E-state index contributed by atoms with van der Waals surface area (Å²) in [7, 11) is 2.12. The largest absolute Gasteiger partial charge is 0.480 e. The van der Waals surface area contributed by atoms with E-state index in [1.807, 2.05) is 0 Å². The Balaban J connectivity index is 2.10. The average Bonchev–Trinajstić information content (AvgIpc) is 2.31. The van der Waals surface area contributed by atoms with Crippen molar-refractivity contribution in [3.05, 3.63) is 0 Å². The molecule has 1 unspecified atom stereocenters. The summed E-state index contributed by atoms with van der Waals surface area (Å²) in [6.07, 6.45) is 3.30. The topological polar surface area (TPSA) is 81.7 Å². The third-order valence-corrected chi connectivity index (χ3v) is 3.39. The molecule has 6 heteroatoms. The van der Waals surface area contributed by atoms with Crippen LogP contribution in [-0.4, -0.2) is 54.7 Å². The number of carbonyl (C=O) groups is 2. The molecule has 1 saturated heterocycles. The van der Waals surface area contributed by atoms with E-state index >= 15 is 0 Å². The predicted molar refractivity (Wildman–Crippen MR) is 68.5 cm³/mol. The number of urea groups is 1. The third kappa shape index (κ3) is 5.35. The van der Waals surface area contributed by atoms with Gasteiger partial charge in [0.1, 0.15) is 6.04 Å². The van der Waals surface area contributed by atoms with Crippen molar-refractivity contribution in [3.63, 3.8) is 0 Å². The number of aliphatic carboxylic acids is 1. The van der Waals surface area contributed by atoms with Gasteiger partial charge in [-0.05, 0) is 52.2 Å². The van der Waals surface area contributed by atoms with Crippen LogP contribution in [0.5, 0.6) is 0 Å². The highest BCUT2D eigenvalue weighted by Gasteiger charge is 2.17. The van der Waals surface area contributed by atoms with Gasteiger partial charge in [-0.15, -0.1) is 0 Å². The van der Waals surface area contributed by atoms with Crippen LogP contribution in [0.25, 0.3) is 0 Å². The number of rotatable bonds is 5. The molecule has 104 valence electrons. The number of hydrogen-bond donors (Lipinski definition) is 3. The standard InChI is InChI=1S/C12H23N3O3/c1-9(11(16)17)14-12(18)13-6-3-10-4-7-15(2)8-5-10/h9-10H,3-8H2,1-2H3,(H,16,17)(H2,13,14,18). The van der Waals surface area contributed by atoms with Crippen LogP contribution < -0.4 is 10.6 Å². The molecule has 1 aliphatic heterocycles. The van der Waals surface area contributed by atoms with E-state index in [4.69, 9.17) is 5.11 Å². The number of carboxylic acids is 1. The molecule has 18 heavy (non-hydrogen) atoms. The molecule has 0 saturated carbocycles. The van der Waals surface area contributed by atoms with Crippen molar-refractivity contribution < 1.29 is 14.7 Å². The van der Waals surface area contributed by atoms with Crippen molar-refractivity contribution in [2.24, 2.45) is 5.92 Å². The molecule has 0 bridgehead atoms. The van der Waals surface area contributed by atoms with Gasteiger partial charge in [0.2, 0.25) is 0 Å². The Morgan fingerprint density at radius 1 is 1.39 bits per heavy atom. The Morgan fingerprint density at radius 2 is 2.00 bits per heavy atom. The molecular formula is C12H23N3O3. The molecule has 2 amide bonds. The number of nitrogens with one attached hydrogen (secondary N) is 2. The van der Waals surface area contributed by atoms with Crippen molar-refractivity contribution in [1.82, 2.24) is 15.5 Å². The maximum Gasteiger partial charge on any atom is 0.325 e. The highest BCUT2D eigenvalue weighted by Crippen LogP contribution is 2.18. The van der Waals surface area contributed by atoms with Gasteiger partial charge >= 0.3 is 12.0 Å². The summed E-state index contributed by atoms with van der Waals surface area (Å²) in [5.74, 6) is -0.362. The fraction of sp³-hybridized carbons (Fsp3) is 0.833. The SMILES string of the molecule is CC(NC(=O)NCCC1CCN(C)CC1)C(=O)O. The molecule has 1 fully saturated rings. The van der Waals surface area contributed by atoms with E-state index in [1.165, 1.54) is 19.8 Å². The van der Waals surface area contributed by atoms with Crippen LogP contribution in [-0.2, 0) is 4.79 Å². The van der Waals surface area contributed by atoms with Crippen LogP contribution in [0.15, 0.2) is 0 Å². The number of carboxylic acid groups (broad SMARTS) is 1. The van der Waals surface area contributed by atoms with E-state index < -0.39 is 18.0 Å². The quantitative estimate of drug-likeness (QED) is 0.669. The van der Waals surface area contributed by atoms with E-state index in [-0.39, 0.29) is 0 Å². The normalized spacial score (nSPS) is 19.2. The predicted octanol–water partition coefficient (Wildman–Crippen LogP) is 0.491. The first-order valence-corrected chi connectivity index (χ1v) is 6.44. The molecule has 0 aromatic heterocycles. The first-order chi connectivity index (χ1) is 8.49. The molecule has 0 spiro atoms. The Hall–Kier alpha value is -1.30. The summed E-state index contributed by atoms with van der Waals surface area (Å²) in [5, 5.41) is 13.7. The monoisotopic (exact) mass is 257 g/mol. The van der Waals surface area contributed by atoms with E-state index in [2.05, 4.69) is 22.6 Å². The Bertz CT molecular complexity index is 288. The second kappa shape index (κ2) is 7.20. The van der Waals surface area contributed by atoms with Crippen LogP contribution in [0.1, 0.15) is 26.2 Å². The van der Waals surface area contributed by atoms with Gasteiger partial charge in [-0.1, -0.05) is 0 Å². The van der Waals surface area contributed by atoms with Crippen LogP contribution >= 0.6 is 0 Å². The van der Waals surface area contributed by atoms with Crippen molar-refractivity contribution in [1.29, 1.82) is 0 Å². The molecule has 6 nitrogen and oxygen atoms in total. The number of nitrogens with zero attached hydrogens (tertiary/aromatic N) is 1. The molecule has 1 atom stereocenters. The molecule has 0 radical (unpaired) electrons. The van der Waals surface area contributed by atoms with Gasteiger partial charge in [0.15, 0.2) is 0 Å². The van der Waals surface area contributed by atoms with Crippen LogP contribution in [0.2, 0.25) is 0 Å². The summed E-state index contributed by atoms with van der Waals surface area (Å²) in [5.41, 5.74) is 0. The van der Waals surface area contributed by atoms with Crippen molar-refractivity contribution >= 4 is 12.0 Å². The summed E-state index contributed by atoms with van der Waals surface area (Å²) < 4.78 is 0. The molecule has 1 heterocycles. The number of amides is 2. The van der Waals surface area contributed by atoms with Gasteiger partial charge in [-0.25, -0.2) is 4.79 Å². The van der Waals surface area contributed by atoms with E-state index in [9.17, 15) is 9.59 Å². The molecule has 0 aliphatic carbocycles. The molecule has 0 aromatic carbocycles. The summed E-state index contributed by atoms with van der Waals surface area (Å²) in [4.78, 5) is 24.2. The van der Waals surface area contributed by atoms with Crippen LogP contribution in [0.4, 0.5) is 4.79 Å². The first-order valence-electron chi connectivity index (χ1n) is 6.44. The summed E-state index contributed by atoms with van der Waals surface area (Å²) in [6.45, 7) is 4.28. The van der Waals surface area contributed by atoms with Gasteiger partial charge in [-0.3, -0.25) is 4.79 Å². The minimum atomic E-state index is -1.03. The van der Waals surface area contributed by atoms with E-state index in [0.717, 1.165) is 19.5 Å². The van der Waals surface area contributed by atoms with Crippen molar-refractivity contribution in [2.45, 2.75) is 32.2 Å². The number of carbonyl (C=O) groups excluding carboxylic acids is 1. The number of hydrogen-bond acceptors (Lipinski definition) is 3. The van der Waals surface area contributed by atoms with E-state index in [0.29, 0.717) is 12.5 Å². The lowest BCUT2D eigenvalue weighted by atomic mass is 9.94. The van der Waals surface area contributed by atoms with Gasteiger partial charge in [0.05, 0.1) is 0 Å². The molecule has 3 N–H and O–H groups in total.